The Balaban J connectivity index is 1.55. The second-order valence-corrected chi connectivity index (χ2v) is 11.4. The van der Waals surface area contributed by atoms with Gasteiger partial charge < -0.3 is 15.0 Å². The minimum Gasteiger partial charge on any atom is -0.385 e. The van der Waals surface area contributed by atoms with Crippen LogP contribution >= 0.6 is 0 Å². The van der Waals surface area contributed by atoms with Crippen LogP contribution in [0.1, 0.15) is 61.4 Å². The summed E-state index contributed by atoms with van der Waals surface area (Å²) in [6.45, 7) is 12.6. The van der Waals surface area contributed by atoms with Crippen LogP contribution in [0.25, 0.3) is 5.69 Å². The Bertz CT molecular complexity index is 1370. The van der Waals surface area contributed by atoms with Crippen molar-refractivity contribution >= 4 is 11.8 Å². The molecule has 226 valence electrons. The fourth-order valence-electron chi connectivity index (χ4n) is 5.39. The summed E-state index contributed by atoms with van der Waals surface area (Å²) in [6.07, 6.45) is 2.11. The van der Waals surface area contributed by atoms with Crippen molar-refractivity contribution in [1.82, 2.24) is 35.1 Å². The number of aromatic nitrogens is 4. The van der Waals surface area contributed by atoms with Crippen molar-refractivity contribution in [2.24, 2.45) is 5.92 Å². The fourth-order valence-corrected chi connectivity index (χ4v) is 5.39. The van der Waals surface area contributed by atoms with E-state index >= 15 is 4.39 Å². The van der Waals surface area contributed by atoms with Crippen LogP contribution in [0.2, 0.25) is 0 Å². The van der Waals surface area contributed by atoms with Crippen molar-refractivity contribution in [2.75, 3.05) is 26.8 Å². The van der Waals surface area contributed by atoms with Gasteiger partial charge in [0.2, 0.25) is 11.8 Å². The van der Waals surface area contributed by atoms with E-state index in [9.17, 15) is 9.59 Å². The number of methoxy groups -OCH3 is 1. The highest BCUT2D eigenvalue weighted by atomic mass is 19.1. The topological polar surface area (TPSA) is 105 Å². The maximum absolute atomic E-state index is 15.3. The van der Waals surface area contributed by atoms with E-state index < -0.39 is 12.1 Å². The predicted octanol–water partition coefficient (Wildman–Crippen LogP) is 3.68. The number of carbonyl (C=O) groups is 2. The van der Waals surface area contributed by atoms with Crippen LogP contribution in [-0.2, 0) is 20.9 Å². The van der Waals surface area contributed by atoms with E-state index in [0.29, 0.717) is 37.4 Å². The molecule has 1 aromatic carbocycles. The normalized spacial score (nSPS) is 18.4. The van der Waals surface area contributed by atoms with Gasteiger partial charge in [0.25, 0.3) is 0 Å². The molecule has 0 bridgehead atoms. The maximum atomic E-state index is 15.3. The maximum Gasteiger partial charge on any atom is 0.244 e. The van der Waals surface area contributed by atoms with Crippen LogP contribution < -0.4 is 5.32 Å². The molecule has 0 saturated carbocycles. The zero-order valence-corrected chi connectivity index (χ0v) is 25.6. The number of amides is 2. The Labute approximate surface area is 247 Å². The molecule has 0 unspecified atom stereocenters. The van der Waals surface area contributed by atoms with Crippen molar-refractivity contribution in [3.63, 3.8) is 0 Å². The number of nitrogens with one attached hydrogen (secondary N) is 1. The number of carbonyl (C=O) groups excluding carboxylic acids is 2. The third-order valence-corrected chi connectivity index (χ3v) is 7.88. The Kier molecular flexibility index (Phi) is 10.1. The lowest BCUT2D eigenvalue weighted by Crippen LogP contribution is -2.65. The van der Waals surface area contributed by atoms with Crippen molar-refractivity contribution in [2.45, 2.75) is 72.6 Å². The molecule has 0 spiro atoms. The van der Waals surface area contributed by atoms with Crippen molar-refractivity contribution in [3.8, 4) is 5.69 Å². The lowest BCUT2D eigenvalue weighted by molar-refractivity contribution is -0.151. The third-order valence-electron chi connectivity index (χ3n) is 7.88. The summed E-state index contributed by atoms with van der Waals surface area (Å²) in [5.74, 6) is -0.970. The molecule has 3 aromatic rings. The van der Waals surface area contributed by atoms with E-state index in [-0.39, 0.29) is 36.1 Å². The number of rotatable bonds is 10. The molecule has 3 atom stereocenters. The number of piperazine rings is 1. The zero-order valence-electron chi connectivity index (χ0n) is 25.6. The van der Waals surface area contributed by atoms with Gasteiger partial charge in [-0.05, 0) is 63.4 Å². The number of hydrogen-bond donors (Lipinski definition) is 1. The smallest absolute Gasteiger partial charge is 0.244 e. The quantitative estimate of drug-likeness (QED) is 0.391. The molecule has 0 radical (unpaired) electrons. The van der Waals surface area contributed by atoms with Gasteiger partial charge in [0, 0.05) is 51.5 Å². The number of halogens is 1. The molecule has 1 saturated heterocycles. The van der Waals surface area contributed by atoms with Crippen molar-refractivity contribution in [3.05, 3.63) is 70.6 Å². The molecule has 1 N–H and O–H groups in total. The average Bonchev–Trinajstić information content (AvgIpc) is 3.31. The van der Waals surface area contributed by atoms with Gasteiger partial charge in [-0.25, -0.2) is 4.39 Å². The van der Waals surface area contributed by atoms with Crippen molar-refractivity contribution in [1.29, 1.82) is 0 Å². The molecule has 1 aliphatic heterocycles. The molecule has 11 heteroatoms. The first kappa shape index (κ1) is 31.2. The Hall–Kier alpha value is -3.70. The number of aryl methyl sites for hydroxylation is 3. The van der Waals surface area contributed by atoms with Crippen molar-refractivity contribution < 1.29 is 18.7 Å². The second kappa shape index (κ2) is 13.5. The summed E-state index contributed by atoms with van der Waals surface area (Å²) in [6, 6.07) is 7.87. The monoisotopic (exact) mass is 579 g/mol. The van der Waals surface area contributed by atoms with Gasteiger partial charge in [-0.1, -0.05) is 26.0 Å². The number of benzene rings is 1. The lowest BCUT2D eigenvalue weighted by atomic mass is 9.97. The summed E-state index contributed by atoms with van der Waals surface area (Å²) >= 11 is 0. The van der Waals surface area contributed by atoms with Gasteiger partial charge in [0.15, 0.2) is 0 Å². The molecular weight excluding hydrogens is 537 g/mol. The van der Waals surface area contributed by atoms with E-state index in [2.05, 4.69) is 25.4 Å². The van der Waals surface area contributed by atoms with E-state index in [1.165, 1.54) is 0 Å². The Morgan fingerprint density at radius 2 is 1.74 bits per heavy atom. The number of hydrogen-bond acceptors (Lipinski definition) is 7. The molecular formula is C31H42FN7O3. The van der Waals surface area contributed by atoms with E-state index in [1.54, 1.807) is 36.0 Å². The van der Waals surface area contributed by atoms with Crippen LogP contribution in [0.15, 0.2) is 36.5 Å². The Morgan fingerprint density at radius 1 is 1.07 bits per heavy atom. The van der Waals surface area contributed by atoms with Crippen LogP contribution in [0.3, 0.4) is 0 Å². The van der Waals surface area contributed by atoms with Gasteiger partial charge >= 0.3 is 0 Å². The highest BCUT2D eigenvalue weighted by molar-refractivity contribution is 5.89. The lowest BCUT2D eigenvalue weighted by Gasteiger charge is -2.47. The largest absolute Gasteiger partial charge is 0.385 e. The van der Waals surface area contributed by atoms with Crippen LogP contribution in [0.5, 0.6) is 0 Å². The summed E-state index contributed by atoms with van der Waals surface area (Å²) in [5, 5.41) is 11.9. The second-order valence-electron chi connectivity index (χ2n) is 11.4. The van der Waals surface area contributed by atoms with Crippen LogP contribution in [0.4, 0.5) is 4.39 Å². The number of pyridine rings is 1. The zero-order chi connectivity index (χ0) is 30.6. The number of nitrogens with zero attached hydrogens (tertiary/aromatic N) is 6. The first-order chi connectivity index (χ1) is 20.0. The standard InChI is InChI=1S/C31H42FN7O3/c1-19(2)31(41)38-21(4)17-37(26(13-15-42-7)29-28(32)20(3)12-14-33-29)18-27(38)30(40)34-16-24-8-10-25(11-9-24)39-35-22(5)23(6)36-39/h8-12,14,19,21,26-27H,13,15-18H2,1-7H3,(H,34,40)/t21-,26-,27-/m1/s1. The van der Waals surface area contributed by atoms with E-state index in [0.717, 1.165) is 22.6 Å². The van der Waals surface area contributed by atoms with Crippen LogP contribution in [-0.4, -0.2) is 80.5 Å². The van der Waals surface area contributed by atoms with Gasteiger partial charge in [0.1, 0.15) is 11.9 Å². The minimum absolute atomic E-state index is 0.0859. The number of ether oxygens (including phenoxy) is 1. The summed E-state index contributed by atoms with van der Waals surface area (Å²) in [4.78, 5) is 36.8. The average molecular weight is 580 g/mol. The van der Waals surface area contributed by atoms with Crippen LogP contribution in [0, 0.1) is 32.5 Å². The summed E-state index contributed by atoms with van der Waals surface area (Å²) in [7, 11) is 1.61. The third kappa shape index (κ3) is 6.84. The molecule has 10 nitrogen and oxygen atoms in total. The fraction of sp³-hybridized carbons (Fsp3) is 0.516. The highest BCUT2D eigenvalue weighted by Crippen LogP contribution is 2.31. The molecule has 2 amide bonds. The van der Waals surface area contributed by atoms with Gasteiger partial charge in [-0.15, -0.1) is 0 Å². The SMILES string of the molecule is COCC[C@H](c1nccc(C)c1F)N1C[C@@H](C)N(C(=O)C(C)C)[C@@H](C(=O)NCc2ccc(-n3nc(C)c(C)n3)cc2)C1. The summed E-state index contributed by atoms with van der Waals surface area (Å²) in [5.41, 5.74) is 4.31. The van der Waals surface area contributed by atoms with E-state index in [4.69, 9.17) is 4.74 Å². The van der Waals surface area contributed by atoms with Gasteiger partial charge in [-0.2, -0.15) is 15.0 Å². The molecule has 0 aliphatic carbocycles. The minimum atomic E-state index is -0.750. The molecule has 2 aromatic heterocycles. The molecule has 42 heavy (non-hydrogen) atoms. The predicted molar refractivity (Wildman–Crippen MR) is 157 cm³/mol. The van der Waals surface area contributed by atoms with Gasteiger partial charge in [0.05, 0.1) is 28.8 Å². The molecule has 4 rings (SSSR count). The van der Waals surface area contributed by atoms with E-state index in [1.807, 2.05) is 58.9 Å². The first-order valence-electron chi connectivity index (χ1n) is 14.5. The first-order valence-corrected chi connectivity index (χ1v) is 14.5. The Morgan fingerprint density at radius 3 is 2.36 bits per heavy atom. The molecule has 1 aliphatic rings. The molecule has 1 fully saturated rings. The highest BCUT2D eigenvalue weighted by Gasteiger charge is 2.42. The van der Waals surface area contributed by atoms with Gasteiger partial charge in [-0.3, -0.25) is 19.5 Å². The summed E-state index contributed by atoms with van der Waals surface area (Å²) < 4.78 is 20.6. The molecule has 3 heterocycles.